The summed E-state index contributed by atoms with van der Waals surface area (Å²) in [4.78, 5) is 4.38. The van der Waals surface area contributed by atoms with E-state index in [1.165, 1.54) is 0 Å². The number of ether oxygens (including phenoxy) is 3. The van der Waals surface area contributed by atoms with E-state index in [-0.39, 0.29) is 0 Å². The number of pyridine rings is 1. The molecule has 0 saturated carbocycles. The predicted molar refractivity (Wildman–Crippen MR) is 88.1 cm³/mol. The van der Waals surface area contributed by atoms with E-state index in [9.17, 15) is 0 Å². The maximum atomic E-state index is 5.92. The Bertz CT molecular complexity index is 817. The summed E-state index contributed by atoms with van der Waals surface area (Å²) in [6, 6.07) is 16.0. The van der Waals surface area contributed by atoms with Crippen molar-refractivity contribution in [2.75, 3.05) is 13.2 Å². The minimum atomic E-state index is 0.487. The van der Waals surface area contributed by atoms with Crippen molar-refractivity contribution < 1.29 is 14.2 Å². The minimum Gasteiger partial charge on any atom is -0.490 e. The molecule has 4 rings (SSSR count). The Morgan fingerprint density at radius 2 is 1.74 bits per heavy atom. The molecule has 1 aliphatic rings. The van der Waals surface area contributed by atoms with Gasteiger partial charge in [0.05, 0.1) is 13.2 Å². The summed E-state index contributed by atoms with van der Waals surface area (Å²) in [6.45, 7) is 1.83. The van der Waals surface area contributed by atoms with Crippen LogP contribution in [0.3, 0.4) is 0 Å². The average molecular weight is 307 g/mol. The molecule has 2 aromatic carbocycles. The van der Waals surface area contributed by atoms with Gasteiger partial charge in [0, 0.05) is 18.0 Å². The molecular weight excluding hydrogens is 290 g/mol. The largest absolute Gasteiger partial charge is 0.490 e. The highest BCUT2D eigenvalue weighted by Crippen LogP contribution is 2.37. The van der Waals surface area contributed by atoms with Crippen LogP contribution in [0, 0.1) is 0 Å². The third-order valence-corrected chi connectivity index (χ3v) is 3.81. The lowest BCUT2D eigenvalue weighted by Gasteiger charge is -2.12. The maximum absolute atomic E-state index is 5.92. The van der Waals surface area contributed by atoms with Crippen molar-refractivity contribution in [3.05, 3.63) is 60.3 Å². The van der Waals surface area contributed by atoms with Gasteiger partial charge in [-0.05, 0) is 29.1 Å². The lowest BCUT2D eigenvalue weighted by atomic mass is 10.1. The first-order chi connectivity index (χ1) is 11.4. The lowest BCUT2D eigenvalue weighted by molar-refractivity contribution is 0.296. The molecule has 2 heterocycles. The second kappa shape index (κ2) is 6.16. The zero-order chi connectivity index (χ0) is 15.5. The molecule has 1 aromatic heterocycles. The van der Waals surface area contributed by atoms with Gasteiger partial charge in [0.15, 0.2) is 11.5 Å². The fourth-order valence-electron chi connectivity index (χ4n) is 2.64. The molecule has 0 atom stereocenters. The molecule has 1 aliphatic heterocycles. The molecule has 0 aliphatic carbocycles. The van der Waals surface area contributed by atoms with Gasteiger partial charge in [0.1, 0.15) is 6.61 Å². The molecular formula is C19H17NO3. The molecule has 0 spiro atoms. The molecule has 23 heavy (non-hydrogen) atoms. The van der Waals surface area contributed by atoms with Crippen LogP contribution in [0.5, 0.6) is 17.4 Å². The van der Waals surface area contributed by atoms with E-state index in [1.54, 1.807) is 6.20 Å². The number of rotatable bonds is 3. The fourth-order valence-corrected chi connectivity index (χ4v) is 2.64. The number of nitrogens with zero attached hydrogens (tertiary/aromatic N) is 1. The topological polar surface area (TPSA) is 40.6 Å². The number of hydrogen-bond acceptors (Lipinski definition) is 4. The van der Waals surface area contributed by atoms with E-state index >= 15 is 0 Å². The van der Waals surface area contributed by atoms with Gasteiger partial charge in [-0.15, -0.1) is 0 Å². The highest BCUT2D eigenvalue weighted by atomic mass is 16.5. The van der Waals surface area contributed by atoms with Crippen molar-refractivity contribution in [3.8, 4) is 17.4 Å². The van der Waals surface area contributed by atoms with Crippen LogP contribution >= 0.6 is 0 Å². The Morgan fingerprint density at radius 1 is 0.957 bits per heavy atom. The van der Waals surface area contributed by atoms with Gasteiger partial charge in [0.2, 0.25) is 5.88 Å². The average Bonchev–Trinajstić information content (AvgIpc) is 2.84. The van der Waals surface area contributed by atoms with Crippen LogP contribution in [-0.2, 0) is 6.61 Å². The van der Waals surface area contributed by atoms with E-state index < -0.39 is 0 Å². The van der Waals surface area contributed by atoms with Gasteiger partial charge < -0.3 is 14.2 Å². The molecule has 0 fully saturated rings. The van der Waals surface area contributed by atoms with Crippen molar-refractivity contribution in [2.24, 2.45) is 0 Å². The normalized spacial score (nSPS) is 13.6. The van der Waals surface area contributed by atoms with Gasteiger partial charge in [-0.2, -0.15) is 0 Å². The molecule has 4 heteroatoms. The number of hydrogen-bond donors (Lipinski definition) is 0. The summed E-state index contributed by atoms with van der Waals surface area (Å²) in [7, 11) is 0. The van der Waals surface area contributed by atoms with Crippen molar-refractivity contribution in [1.82, 2.24) is 4.98 Å². The summed E-state index contributed by atoms with van der Waals surface area (Å²) in [5, 5.41) is 1.97. The SMILES string of the molecule is c1ccc(COc2nccc3cc4c(cc23)OCCCO4)cc1. The summed E-state index contributed by atoms with van der Waals surface area (Å²) < 4.78 is 17.4. The van der Waals surface area contributed by atoms with Crippen LogP contribution in [0.25, 0.3) is 10.8 Å². The molecule has 0 amide bonds. The molecule has 0 bridgehead atoms. The van der Waals surface area contributed by atoms with Crippen LogP contribution in [0.15, 0.2) is 54.7 Å². The van der Waals surface area contributed by atoms with Crippen molar-refractivity contribution >= 4 is 10.8 Å². The Hall–Kier alpha value is -2.75. The number of aromatic nitrogens is 1. The predicted octanol–water partition coefficient (Wildman–Crippen LogP) is 3.98. The van der Waals surface area contributed by atoms with Gasteiger partial charge in [-0.1, -0.05) is 30.3 Å². The van der Waals surface area contributed by atoms with Crippen molar-refractivity contribution in [1.29, 1.82) is 0 Å². The molecule has 4 nitrogen and oxygen atoms in total. The Balaban J connectivity index is 1.68. The van der Waals surface area contributed by atoms with Crippen LogP contribution in [0.1, 0.15) is 12.0 Å². The van der Waals surface area contributed by atoms with Gasteiger partial charge >= 0.3 is 0 Å². The first kappa shape index (κ1) is 13.9. The number of fused-ring (bicyclic) bond motifs is 2. The quantitative estimate of drug-likeness (QED) is 0.734. The second-order valence-electron chi connectivity index (χ2n) is 5.46. The Labute approximate surface area is 134 Å². The summed E-state index contributed by atoms with van der Waals surface area (Å²) >= 11 is 0. The molecule has 116 valence electrons. The lowest BCUT2D eigenvalue weighted by Crippen LogP contribution is -1.98. The zero-order valence-electron chi connectivity index (χ0n) is 12.7. The first-order valence-electron chi connectivity index (χ1n) is 7.75. The summed E-state index contributed by atoms with van der Waals surface area (Å²) in [6.07, 6.45) is 2.65. The Kier molecular flexibility index (Phi) is 3.72. The third kappa shape index (κ3) is 2.93. The highest BCUT2D eigenvalue weighted by Gasteiger charge is 2.14. The van der Waals surface area contributed by atoms with E-state index in [4.69, 9.17) is 14.2 Å². The zero-order valence-corrected chi connectivity index (χ0v) is 12.7. The molecule has 0 radical (unpaired) electrons. The van der Waals surface area contributed by atoms with Crippen molar-refractivity contribution in [2.45, 2.75) is 13.0 Å². The fraction of sp³-hybridized carbons (Fsp3) is 0.211. The molecule has 0 unspecified atom stereocenters. The number of benzene rings is 2. The molecule has 0 saturated heterocycles. The Morgan fingerprint density at radius 3 is 2.57 bits per heavy atom. The summed E-state index contributed by atoms with van der Waals surface area (Å²) in [5.74, 6) is 2.16. The molecule has 0 N–H and O–H groups in total. The van der Waals surface area contributed by atoms with E-state index in [0.29, 0.717) is 25.7 Å². The summed E-state index contributed by atoms with van der Waals surface area (Å²) in [5.41, 5.74) is 1.11. The molecule has 3 aromatic rings. The smallest absolute Gasteiger partial charge is 0.221 e. The second-order valence-corrected chi connectivity index (χ2v) is 5.46. The highest BCUT2D eigenvalue weighted by molar-refractivity contribution is 5.89. The van der Waals surface area contributed by atoms with Crippen LogP contribution < -0.4 is 14.2 Å². The van der Waals surface area contributed by atoms with Crippen LogP contribution in [0.2, 0.25) is 0 Å². The van der Waals surface area contributed by atoms with E-state index in [2.05, 4.69) is 4.98 Å². The van der Waals surface area contributed by atoms with Gasteiger partial charge in [-0.25, -0.2) is 4.98 Å². The van der Waals surface area contributed by atoms with Gasteiger partial charge in [0.25, 0.3) is 0 Å². The van der Waals surface area contributed by atoms with E-state index in [1.807, 2.05) is 48.5 Å². The van der Waals surface area contributed by atoms with Crippen LogP contribution in [0.4, 0.5) is 0 Å². The van der Waals surface area contributed by atoms with Crippen LogP contribution in [-0.4, -0.2) is 18.2 Å². The third-order valence-electron chi connectivity index (χ3n) is 3.81. The first-order valence-corrected chi connectivity index (χ1v) is 7.75. The standard InChI is InChI=1S/C19H17NO3/c1-2-5-14(6-3-1)13-23-19-16-12-18-17(21-9-4-10-22-18)11-15(16)7-8-20-19/h1-3,5-8,11-12H,4,9-10,13H2. The maximum Gasteiger partial charge on any atom is 0.221 e. The van der Waals surface area contributed by atoms with Crippen molar-refractivity contribution in [3.63, 3.8) is 0 Å². The van der Waals surface area contributed by atoms with Gasteiger partial charge in [-0.3, -0.25) is 0 Å². The van der Waals surface area contributed by atoms with E-state index in [0.717, 1.165) is 34.3 Å². The monoisotopic (exact) mass is 307 g/mol. The minimum absolute atomic E-state index is 0.487.